The van der Waals surface area contributed by atoms with Crippen LogP contribution in [0.25, 0.3) is 0 Å². The second kappa shape index (κ2) is 7.42. The molecule has 0 radical (unpaired) electrons. The van der Waals surface area contributed by atoms with Gasteiger partial charge >= 0.3 is 0 Å². The Kier molecular flexibility index (Phi) is 5.57. The molecule has 0 unspecified atom stereocenters. The largest absolute Gasteiger partial charge is 0.375 e. The highest BCUT2D eigenvalue weighted by molar-refractivity contribution is 9.11. The fraction of sp³-hybridized carbons (Fsp3) is 0.0667. The van der Waals surface area contributed by atoms with E-state index in [1.54, 1.807) is 24.3 Å². The number of anilines is 2. The van der Waals surface area contributed by atoms with E-state index < -0.39 is 5.91 Å². The number of nitrogens with two attached hydrogens (primary N) is 1. The third-order valence-corrected chi connectivity index (χ3v) is 3.97. The SMILES string of the molecule is NC(=O)c1ccc(NC(=O)CNc2ccc(Br)cc2Br)cc1. The number of benzene rings is 2. The average molecular weight is 427 g/mol. The molecule has 0 atom stereocenters. The minimum absolute atomic E-state index is 0.123. The number of primary amides is 1. The number of hydrogen-bond acceptors (Lipinski definition) is 3. The fourth-order valence-electron chi connectivity index (χ4n) is 1.73. The second-order valence-corrected chi connectivity index (χ2v) is 6.24. The minimum atomic E-state index is -0.500. The standard InChI is InChI=1S/C15H13Br2N3O2/c16-10-3-6-13(12(17)7-10)19-8-14(21)20-11-4-1-9(2-5-11)15(18)22/h1-7,19H,8H2,(H2,18,22)(H,20,21). The highest BCUT2D eigenvalue weighted by Crippen LogP contribution is 2.25. The van der Waals surface area contributed by atoms with Gasteiger partial charge in [-0.05, 0) is 58.4 Å². The predicted molar refractivity (Wildman–Crippen MR) is 93.9 cm³/mol. The van der Waals surface area contributed by atoms with Gasteiger partial charge in [0.2, 0.25) is 11.8 Å². The molecule has 0 fully saturated rings. The number of rotatable bonds is 5. The van der Waals surface area contributed by atoms with Crippen molar-refractivity contribution in [2.45, 2.75) is 0 Å². The summed E-state index contributed by atoms with van der Waals surface area (Å²) in [6, 6.07) is 12.0. The Balaban J connectivity index is 1.91. The zero-order valence-corrected chi connectivity index (χ0v) is 14.6. The number of carbonyl (C=O) groups excluding carboxylic acids is 2. The quantitative estimate of drug-likeness (QED) is 0.685. The first-order valence-corrected chi connectivity index (χ1v) is 7.93. The Morgan fingerprint density at radius 1 is 1.05 bits per heavy atom. The highest BCUT2D eigenvalue weighted by atomic mass is 79.9. The Labute approximate surface area is 144 Å². The van der Waals surface area contributed by atoms with Crippen LogP contribution in [0.1, 0.15) is 10.4 Å². The molecule has 2 rings (SSSR count). The molecule has 2 aromatic carbocycles. The van der Waals surface area contributed by atoms with E-state index in [4.69, 9.17) is 5.73 Å². The van der Waals surface area contributed by atoms with Gasteiger partial charge in [0.05, 0.1) is 6.54 Å². The predicted octanol–water partition coefficient (Wildman–Crippen LogP) is 3.36. The molecule has 0 saturated carbocycles. The van der Waals surface area contributed by atoms with Crippen molar-refractivity contribution in [3.8, 4) is 0 Å². The summed E-state index contributed by atoms with van der Waals surface area (Å²) in [6.45, 7) is 0.123. The van der Waals surface area contributed by atoms with Crippen LogP contribution in [0.2, 0.25) is 0 Å². The van der Waals surface area contributed by atoms with Crippen molar-refractivity contribution in [3.63, 3.8) is 0 Å². The Bertz CT molecular complexity index is 702. The lowest BCUT2D eigenvalue weighted by molar-refractivity contribution is -0.114. The monoisotopic (exact) mass is 425 g/mol. The van der Waals surface area contributed by atoms with Crippen molar-refractivity contribution >= 4 is 55.0 Å². The smallest absolute Gasteiger partial charge is 0.248 e. The van der Waals surface area contributed by atoms with E-state index in [0.717, 1.165) is 14.6 Å². The van der Waals surface area contributed by atoms with E-state index in [1.807, 2.05) is 18.2 Å². The van der Waals surface area contributed by atoms with E-state index >= 15 is 0 Å². The van der Waals surface area contributed by atoms with Crippen LogP contribution >= 0.6 is 31.9 Å². The van der Waals surface area contributed by atoms with Crippen LogP contribution in [0.5, 0.6) is 0 Å². The van der Waals surface area contributed by atoms with Gasteiger partial charge in [-0.2, -0.15) is 0 Å². The molecule has 4 N–H and O–H groups in total. The number of amides is 2. The molecule has 0 bridgehead atoms. The molecular formula is C15H13Br2N3O2. The van der Waals surface area contributed by atoms with Crippen molar-refractivity contribution in [1.82, 2.24) is 0 Å². The van der Waals surface area contributed by atoms with Gasteiger partial charge in [0, 0.05) is 25.9 Å². The van der Waals surface area contributed by atoms with E-state index in [-0.39, 0.29) is 12.5 Å². The third kappa shape index (κ3) is 4.57. The second-order valence-electron chi connectivity index (χ2n) is 4.47. The molecule has 0 heterocycles. The lowest BCUT2D eigenvalue weighted by Gasteiger charge is -2.10. The van der Waals surface area contributed by atoms with E-state index in [1.165, 1.54) is 0 Å². The maximum Gasteiger partial charge on any atom is 0.248 e. The van der Waals surface area contributed by atoms with E-state index in [9.17, 15) is 9.59 Å². The number of nitrogens with one attached hydrogen (secondary N) is 2. The van der Waals surface area contributed by atoms with Crippen molar-refractivity contribution in [3.05, 3.63) is 57.0 Å². The summed E-state index contributed by atoms with van der Waals surface area (Å²) in [6.07, 6.45) is 0. The Hall–Kier alpha value is -1.86. The van der Waals surface area contributed by atoms with Gasteiger partial charge < -0.3 is 16.4 Å². The molecule has 0 aromatic heterocycles. The molecule has 7 heteroatoms. The molecule has 0 aliphatic rings. The first-order valence-electron chi connectivity index (χ1n) is 6.34. The van der Waals surface area contributed by atoms with Crippen molar-refractivity contribution in [1.29, 1.82) is 0 Å². The molecule has 2 amide bonds. The third-order valence-electron chi connectivity index (χ3n) is 2.82. The first kappa shape index (κ1) is 16.5. The molecule has 22 heavy (non-hydrogen) atoms. The van der Waals surface area contributed by atoms with Gasteiger partial charge in [-0.15, -0.1) is 0 Å². The van der Waals surface area contributed by atoms with Crippen molar-refractivity contribution < 1.29 is 9.59 Å². The van der Waals surface area contributed by atoms with Crippen LogP contribution in [0.4, 0.5) is 11.4 Å². The molecule has 114 valence electrons. The van der Waals surface area contributed by atoms with E-state index in [2.05, 4.69) is 42.5 Å². The maximum absolute atomic E-state index is 11.9. The topological polar surface area (TPSA) is 84.2 Å². The number of carbonyl (C=O) groups is 2. The van der Waals surface area contributed by atoms with Crippen LogP contribution in [0, 0.1) is 0 Å². The molecule has 0 aliphatic carbocycles. The number of halogens is 2. The van der Waals surface area contributed by atoms with Gasteiger partial charge in [-0.1, -0.05) is 15.9 Å². The fourth-order valence-corrected chi connectivity index (χ4v) is 2.92. The van der Waals surface area contributed by atoms with Crippen molar-refractivity contribution in [2.24, 2.45) is 5.73 Å². The van der Waals surface area contributed by atoms with Gasteiger partial charge in [0.15, 0.2) is 0 Å². The van der Waals surface area contributed by atoms with Crippen LogP contribution in [-0.4, -0.2) is 18.4 Å². The summed E-state index contributed by atoms with van der Waals surface area (Å²) in [4.78, 5) is 22.9. The van der Waals surface area contributed by atoms with Crippen LogP contribution in [0.15, 0.2) is 51.4 Å². The summed E-state index contributed by atoms with van der Waals surface area (Å²) < 4.78 is 1.81. The minimum Gasteiger partial charge on any atom is -0.375 e. The summed E-state index contributed by atoms with van der Waals surface area (Å²) in [5.74, 6) is -0.693. The normalized spacial score (nSPS) is 10.1. The lowest BCUT2D eigenvalue weighted by atomic mass is 10.2. The zero-order chi connectivity index (χ0) is 16.1. The zero-order valence-electron chi connectivity index (χ0n) is 11.4. The summed E-state index contributed by atoms with van der Waals surface area (Å²) >= 11 is 6.78. The first-order chi connectivity index (χ1) is 10.5. The number of hydrogen-bond donors (Lipinski definition) is 3. The summed E-state index contributed by atoms with van der Waals surface area (Å²) in [5, 5.41) is 5.77. The lowest BCUT2D eigenvalue weighted by Crippen LogP contribution is -2.22. The van der Waals surface area contributed by atoms with Crippen LogP contribution < -0.4 is 16.4 Å². The summed E-state index contributed by atoms with van der Waals surface area (Å²) in [5.41, 5.74) is 6.98. The molecule has 0 aliphatic heterocycles. The molecule has 0 saturated heterocycles. The van der Waals surface area contributed by atoms with Crippen LogP contribution in [0.3, 0.4) is 0 Å². The van der Waals surface area contributed by atoms with Gasteiger partial charge in [0.1, 0.15) is 0 Å². The molecule has 5 nitrogen and oxygen atoms in total. The molecule has 0 spiro atoms. The van der Waals surface area contributed by atoms with Gasteiger partial charge in [-0.25, -0.2) is 0 Å². The van der Waals surface area contributed by atoms with Crippen molar-refractivity contribution in [2.75, 3.05) is 17.2 Å². The molecule has 2 aromatic rings. The van der Waals surface area contributed by atoms with E-state index in [0.29, 0.717) is 11.3 Å². The van der Waals surface area contributed by atoms with Gasteiger partial charge in [0.25, 0.3) is 0 Å². The molecular weight excluding hydrogens is 414 g/mol. The Morgan fingerprint density at radius 3 is 2.32 bits per heavy atom. The highest BCUT2D eigenvalue weighted by Gasteiger charge is 2.06. The Morgan fingerprint density at radius 2 is 1.73 bits per heavy atom. The average Bonchev–Trinajstić information content (AvgIpc) is 2.47. The maximum atomic E-state index is 11.9. The van der Waals surface area contributed by atoms with Crippen LogP contribution in [-0.2, 0) is 4.79 Å². The van der Waals surface area contributed by atoms with Gasteiger partial charge in [-0.3, -0.25) is 9.59 Å². The summed E-state index contributed by atoms with van der Waals surface area (Å²) in [7, 11) is 0.